The SMILES string of the molecule is COc1cccc(OC)c1CCN1CCN(c2ccccn2)CC1.Cl.Cl. The van der Waals surface area contributed by atoms with Crippen molar-refractivity contribution >= 4 is 30.6 Å². The molecule has 144 valence electrons. The number of aromatic nitrogens is 1. The van der Waals surface area contributed by atoms with Crippen LogP contribution in [-0.2, 0) is 6.42 Å². The Balaban J connectivity index is 0.00000169. The van der Waals surface area contributed by atoms with Crippen molar-refractivity contribution in [3.63, 3.8) is 0 Å². The van der Waals surface area contributed by atoms with Crippen molar-refractivity contribution in [3.8, 4) is 11.5 Å². The molecule has 5 nitrogen and oxygen atoms in total. The number of benzene rings is 1. The highest BCUT2D eigenvalue weighted by Crippen LogP contribution is 2.28. The van der Waals surface area contributed by atoms with E-state index in [1.165, 1.54) is 0 Å². The standard InChI is InChI=1S/C19H25N3O2.2ClH/c1-23-17-6-5-7-18(24-2)16(17)9-11-21-12-14-22(15-13-21)19-8-3-4-10-20-19;;/h3-8,10H,9,11-15H2,1-2H3;2*1H. The van der Waals surface area contributed by atoms with Crippen LogP contribution in [0, 0.1) is 0 Å². The fourth-order valence-electron chi connectivity index (χ4n) is 3.19. The molecule has 0 aliphatic carbocycles. The van der Waals surface area contributed by atoms with E-state index >= 15 is 0 Å². The molecule has 0 amide bonds. The fraction of sp³-hybridized carbons (Fsp3) is 0.421. The van der Waals surface area contributed by atoms with Gasteiger partial charge in [0.25, 0.3) is 0 Å². The molecule has 26 heavy (non-hydrogen) atoms. The Morgan fingerprint density at radius 3 is 2.08 bits per heavy atom. The zero-order valence-electron chi connectivity index (χ0n) is 15.3. The van der Waals surface area contributed by atoms with E-state index in [1.807, 2.05) is 36.5 Å². The first kappa shape index (κ1) is 22.4. The third-order valence-corrected chi connectivity index (χ3v) is 4.55. The molecule has 2 aromatic rings. The molecule has 7 heteroatoms. The quantitative estimate of drug-likeness (QED) is 0.744. The number of halogens is 2. The molecular weight excluding hydrogens is 373 g/mol. The average molecular weight is 400 g/mol. The zero-order chi connectivity index (χ0) is 16.8. The van der Waals surface area contributed by atoms with Gasteiger partial charge in [0, 0.05) is 44.5 Å². The lowest BCUT2D eigenvalue weighted by atomic mass is 10.1. The van der Waals surface area contributed by atoms with Crippen molar-refractivity contribution in [2.75, 3.05) is 51.8 Å². The number of rotatable bonds is 6. The number of methoxy groups -OCH3 is 2. The molecular formula is C19H27Cl2N3O2. The molecule has 3 rings (SSSR count). The lowest BCUT2D eigenvalue weighted by molar-refractivity contribution is 0.258. The van der Waals surface area contributed by atoms with Crippen LogP contribution in [0.15, 0.2) is 42.6 Å². The second-order valence-electron chi connectivity index (χ2n) is 5.91. The Morgan fingerprint density at radius 2 is 1.54 bits per heavy atom. The van der Waals surface area contributed by atoms with Crippen molar-refractivity contribution in [2.45, 2.75) is 6.42 Å². The van der Waals surface area contributed by atoms with Gasteiger partial charge in [0.15, 0.2) is 0 Å². The van der Waals surface area contributed by atoms with Gasteiger partial charge in [-0.15, -0.1) is 24.8 Å². The molecule has 1 saturated heterocycles. The van der Waals surface area contributed by atoms with Gasteiger partial charge in [-0.1, -0.05) is 12.1 Å². The molecule has 2 heterocycles. The fourth-order valence-corrected chi connectivity index (χ4v) is 3.19. The predicted molar refractivity (Wildman–Crippen MR) is 111 cm³/mol. The number of nitrogens with zero attached hydrogens (tertiary/aromatic N) is 3. The van der Waals surface area contributed by atoms with Gasteiger partial charge in [0.05, 0.1) is 14.2 Å². The molecule has 0 bridgehead atoms. The van der Waals surface area contributed by atoms with E-state index in [2.05, 4.69) is 20.9 Å². The van der Waals surface area contributed by atoms with Gasteiger partial charge in [0.2, 0.25) is 0 Å². The molecule has 1 fully saturated rings. The molecule has 1 aromatic heterocycles. The molecule has 0 radical (unpaired) electrons. The van der Waals surface area contributed by atoms with E-state index in [9.17, 15) is 0 Å². The van der Waals surface area contributed by atoms with E-state index in [4.69, 9.17) is 9.47 Å². The number of hydrogen-bond donors (Lipinski definition) is 0. The second-order valence-corrected chi connectivity index (χ2v) is 5.91. The summed E-state index contributed by atoms with van der Waals surface area (Å²) in [6.45, 7) is 5.13. The van der Waals surface area contributed by atoms with E-state index < -0.39 is 0 Å². The van der Waals surface area contributed by atoms with Gasteiger partial charge in [-0.25, -0.2) is 4.98 Å². The maximum absolute atomic E-state index is 5.49. The number of piperazine rings is 1. The maximum atomic E-state index is 5.49. The van der Waals surface area contributed by atoms with Crippen molar-refractivity contribution in [1.29, 1.82) is 0 Å². The molecule has 1 aliphatic rings. The highest BCUT2D eigenvalue weighted by Gasteiger charge is 2.19. The van der Waals surface area contributed by atoms with Crippen LogP contribution in [0.2, 0.25) is 0 Å². The zero-order valence-corrected chi connectivity index (χ0v) is 16.9. The Kier molecular flexibility index (Phi) is 9.55. The summed E-state index contributed by atoms with van der Waals surface area (Å²) in [7, 11) is 3.42. The molecule has 0 spiro atoms. The van der Waals surface area contributed by atoms with Gasteiger partial charge in [-0.2, -0.15) is 0 Å². The molecule has 0 unspecified atom stereocenters. The lowest BCUT2D eigenvalue weighted by Crippen LogP contribution is -2.47. The van der Waals surface area contributed by atoms with Crippen LogP contribution >= 0.6 is 24.8 Å². The van der Waals surface area contributed by atoms with Crippen molar-refractivity contribution in [3.05, 3.63) is 48.2 Å². The monoisotopic (exact) mass is 399 g/mol. The van der Waals surface area contributed by atoms with Crippen LogP contribution in [0.5, 0.6) is 11.5 Å². The second kappa shape index (κ2) is 11.1. The molecule has 0 saturated carbocycles. The molecule has 1 aliphatic heterocycles. The highest BCUT2D eigenvalue weighted by molar-refractivity contribution is 5.85. The average Bonchev–Trinajstić information content (AvgIpc) is 2.67. The van der Waals surface area contributed by atoms with Crippen molar-refractivity contribution in [2.24, 2.45) is 0 Å². The third kappa shape index (κ3) is 5.40. The van der Waals surface area contributed by atoms with E-state index in [1.54, 1.807) is 14.2 Å². The van der Waals surface area contributed by atoms with Crippen molar-refractivity contribution < 1.29 is 9.47 Å². The predicted octanol–water partition coefficient (Wildman–Crippen LogP) is 3.31. The van der Waals surface area contributed by atoms with Crippen LogP contribution in [0.4, 0.5) is 5.82 Å². The smallest absolute Gasteiger partial charge is 0.128 e. The molecule has 1 aromatic carbocycles. The normalized spacial score (nSPS) is 14.2. The summed E-state index contributed by atoms with van der Waals surface area (Å²) in [6, 6.07) is 12.0. The Bertz CT molecular complexity index is 628. The minimum Gasteiger partial charge on any atom is -0.496 e. The van der Waals surface area contributed by atoms with Gasteiger partial charge in [-0.3, -0.25) is 4.90 Å². The van der Waals surface area contributed by atoms with Crippen LogP contribution < -0.4 is 14.4 Å². The molecule has 0 atom stereocenters. The van der Waals surface area contributed by atoms with Gasteiger partial charge in [0.1, 0.15) is 17.3 Å². The summed E-state index contributed by atoms with van der Waals surface area (Å²) in [5.74, 6) is 2.88. The summed E-state index contributed by atoms with van der Waals surface area (Å²) < 4.78 is 11.0. The van der Waals surface area contributed by atoms with Crippen molar-refractivity contribution in [1.82, 2.24) is 9.88 Å². The highest BCUT2D eigenvalue weighted by atomic mass is 35.5. The molecule has 0 N–H and O–H groups in total. The summed E-state index contributed by atoms with van der Waals surface area (Å²) in [5.41, 5.74) is 1.15. The van der Waals surface area contributed by atoms with Gasteiger partial charge < -0.3 is 14.4 Å². The minimum atomic E-state index is 0. The Labute approximate surface area is 168 Å². The first-order valence-corrected chi connectivity index (χ1v) is 8.40. The largest absolute Gasteiger partial charge is 0.496 e. The Morgan fingerprint density at radius 1 is 0.885 bits per heavy atom. The number of pyridine rings is 1. The summed E-state index contributed by atoms with van der Waals surface area (Å²) in [6.07, 6.45) is 2.78. The van der Waals surface area contributed by atoms with Crippen LogP contribution in [0.25, 0.3) is 0 Å². The maximum Gasteiger partial charge on any atom is 0.128 e. The van der Waals surface area contributed by atoms with Gasteiger partial charge >= 0.3 is 0 Å². The first-order valence-electron chi connectivity index (χ1n) is 8.40. The first-order chi connectivity index (χ1) is 11.8. The minimum absolute atomic E-state index is 0. The topological polar surface area (TPSA) is 37.8 Å². The van der Waals surface area contributed by atoms with Gasteiger partial charge in [-0.05, 0) is 30.7 Å². The van der Waals surface area contributed by atoms with Crippen LogP contribution in [0.1, 0.15) is 5.56 Å². The third-order valence-electron chi connectivity index (χ3n) is 4.55. The number of anilines is 1. The van der Waals surface area contributed by atoms with E-state index in [0.29, 0.717) is 0 Å². The summed E-state index contributed by atoms with van der Waals surface area (Å²) >= 11 is 0. The lowest BCUT2D eigenvalue weighted by Gasteiger charge is -2.35. The summed E-state index contributed by atoms with van der Waals surface area (Å²) in [4.78, 5) is 9.28. The van der Waals surface area contributed by atoms with Crippen LogP contribution in [-0.4, -0.2) is 56.8 Å². The van der Waals surface area contributed by atoms with E-state index in [0.717, 1.165) is 62.0 Å². The van der Waals surface area contributed by atoms with E-state index in [-0.39, 0.29) is 24.8 Å². The number of hydrogen-bond acceptors (Lipinski definition) is 5. The Hall–Kier alpha value is -1.69. The summed E-state index contributed by atoms with van der Waals surface area (Å²) in [5, 5.41) is 0. The number of ether oxygens (including phenoxy) is 2. The van der Waals surface area contributed by atoms with Crippen LogP contribution in [0.3, 0.4) is 0 Å².